The molecule has 0 spiro atoms. The minimum atomic E-state index is -0.604. The summed E-state index contributed by atoms with van der Waals surface area (Å²) >= 11 is 0. The molecule has 1 atom stereocenters. The van der Waals surface area contributed by atoms with Gasteiger partial charge in [-0.05, 0) is 42.9 Å². The number of phenolic OH excluding ortho intramolecular Hbond substituents is 2. The molecule has 0 bridgehead atoms. The van der Waals surface area contributed by atoms with Gasteiger partial charge in [0.2, 0.25) is 5.91 Å². The molecule has 1 aliphatic heterocycles. The first-order chi connectivity index (χ1) is 9.47. The van der Waals surface area contributed by atoms with Crippen molar-refractivity contribution in [3.63, 3.8) is 0 Å². The maximum absolute atomic E-state index is 12.3. The molecule has 1 heterocycles. The van der Waals surface area contributed by atoms with E-state index in [2.05, 4.69) is 6.92 Å². The van der Waals surface area contributed by atoms with Gasteiger partial charge in [0.1, 0.15) is 0 Å². The Labute approximate surface area is 119 Å². The number of benzene rings is 1. The normalized spacial score (nSPS) is 18.0. The summed E-state index contributed by atoms with van der Waals surface area (Å²) in [5.74, 6) is 0.279. The summed E-state index contributed by atoms with van der Waals surface area (Å²) in [6.45, 7) is 3.74. The molecule has 2 rings (SSSR count). The zero-order chi connectivity index (χ0) is 14.7. The second-order valence-electron chi connectivity index (χ2n) is 5.64. The topological polar surface area (TPSA) is 86.8 Å². The molecule has 0 saturated carbocycles. The lowest BCUT2D eigenvalue weighted by Gasteiger charge is -2.32. The molecule has 0 aromatic heterocycles. The van der Waals surface area contributed by atoms with E-state index >= 15 is 0 Å². The maximum Gasteiger partial charge on any atom is 0.239 e. The van der Waals surface area contributed by atoms with E-state index in [-0.39, 0.29) is 17.4 Å². The number of amides is 1. The van der Waals surface area contributed by atoms with Crippen molar-refractivity contribution in [2.75, 3.05) is 13.1 Å². The minimum absolute atomic E-state index is 0.0375. The number of phenols is 2. The molecule has 1 fully saturated rings. The molecular formula is C15H22N2O3. The highest BCUT2D eigenvalue weighted by Crippen LogP contribution is 2.25. The van der Waals surface area contributed by atoms with Gasteiger partial charge in [-0.25, -0.2) is 0 Å². The van der Waals surface area contributed by atoms with Crippen LogP contribution in [0.25, 0.3) is 0 Å². The van der Waals surface area contributed by atoms with Crippen molar-refractivity contribution in [3.05, 3.63) is 23.8 Å². The number of nitrogens with two attached hydrogens (primary N) is 1. The zero-order valence-electron chi connectivity index (χ0n) is 11.7. The Morgan fingerprint density at radius 2 is 2.00 bits per heavy atom. The monoisotopic (exact) mass is 278 g/mol. The van der Waals surface area contributed by atoms with Crippen LogP contribution in [0.3, 0.4) is 0 Å². The van der Waals surface area contributed by atoms with Crippen molar-refractivity contribution in [2.24, 2.45) is 11.7 Å². The fourth-order valence-electron chi connectivity index (χ4n) is 2.50. The van der Waals surface area contributed by atoms with Crippen LogP contribution in [0.4, 0.5) is 0 Å². The van der Waals surface area contributed by atoms with Crippen LogP contribution >= 0.6 is 0 Å². The first-order valence-corrected chi connectivity index (χ1v) is 7.02. The summed E-state index contributed by atoms with van der Waals surface area (Å²) in [6, 6.07) is 3.92. The van der Waals surface area contributed by atoms with Crippen molar-refractivity contribution in [3.8, 4) is 11.5 Å². The number of piperidine rings is 1. The lowest BCUT2D eigenvalue weighted by Crippen LogP contribution is -2.47. The largest absolute Gasteiger partial charge is 0.504 e. The first-order valence-electron chi connectivity index (χ1n) is 7.02. The average Bonchev–Trinajstić information content (AvgIpc) is 2.43. The van der Waals surface area contributed by atoms with Crippen LogP contribution in [0.5, 0.6) is 11.5 Å². The molecule has 0 aliphatic carbocycles. The van der Waals surface area contributed by atoms with E-state index in [0.717, 1.165) is 31.5 Å². The second kappa shape index (κ2) is 6.13. The Kier molecular flexibility index (Phi) is 4.49. The number of carbonyl (C=O) groups excluding carboxylic acids is 1. The van der Waals surface area contributed by atoms with Crippen LogP contribution < -0.4 is 5.73 Å². The van der Waals surface area contributed by atoms with Gasteiger partial charge in [-0.2, -0.15) is 0 Å². The van der Waals surface area contributed by atoms with E-state index < -0.39 is 6.04 Å². The predicted molar refractivity (Wildman–Crippen MR) is 76.4 cm³/mol. The molecule has 5 heteroatoms. The van der Waals surface area contributed by atoms with Gasteiger partial charge in [-0.15, -0.1) is 0 Å². The quantitative estimate of drug-likeness (QED) is 0.726. The molecule has 1 saturated heterocycles. The van der Waals surface area contributed by atoms with Gasteiger partial charge < -0.3 is 20.8 Å². The molecule has 5 nitrogen and oxygen atoms in total. The molecule has 4 N–H and O–H groups in total. The van der Waals surface area contributed by atoms with Gasteiger partial charge in [0.05, 0.1) is 6.04 Å². The minimum Gasteiger partial charge on any atom is -0.504 e. The number of hydrogen-bond donors (Lipinski definition) is 3. The molecule has 1 amide bonds. The van der Waals surface area contributed by atoms with Crippen molar-refractivity contribution in [1.82, 2.24) is 4.90 Å². The maximum atomic E-state index is 12.3. The average molecular weight is 278 g/mol. The van der Waals surface area contributed by atoms with Crippen molar-refractivity contribution in [2.45, 2.75) is 32.2 Å². The van der Waals surface area contributed by atoms with Crippen LogP contribution in [0, 0.1) is 5.92 Å². The predicted octanol–water partition coefficient (Wildman–Crippen LogP) is 1.23. The van der Waals surface area contributed by atoms with Gasteiger partial charge in [-0.3, -0.25) is 4.79 Å². The third-order valence-corrected chi connectivity index (χ3v) is 3.91. The third kappa shape index (κ3) is 3.42. The number of hydrogen-bond acceptors (Lipinski definition) is 4. The van der Waals surface area contributed by atoms with E-state index in [4.69, 9.17) is 5.73 Å². The fraction of sp³-hybridized carbons (Fsp3) is 0.533. The van der Waals surface area contributed by atoms with Crippen LogP contribution in [0.1, 0.15) is 25.3 Å². The van der Waals surface area contributed by atoms with E-state index in [1.807, 2.05) is 4.90 Å². The third-order valence-electron chi connectivity index (χ3n) is 3.91. The number of aromatic hydroxyl groups is 2. The molecule has 0 unspecified atom stereocenters. The van der Waals surface area contributed by atoms with E-state index in [1.165, 1.54) is 12.1 Å². The first kappa shape index (κ1) is 14.7. The highest BCUT2D eigenvalue weighted by atomic mass is 16.3. The van der Waals surface area contributed by atoms with Crippen molar-refractivity contribution in [1.29, 1.82) is 0 Å². The highest BCUT2D eigenvalue weighted by molar-refractivity contribution is 5.82. The Bertz CT molecular complexity index is 482. The summed E-state index contributed by atoms with van der Waals surface area (Å²) in [5.41, 5.74) is 6.71. The van der Waals surface area contributed by atoms with E-state index in [1.54, 1.807) is 6.07 Å². The lowest BCUT2D eigenvalue weighted by molar-refractivity contribution is -0.133. The Morgan fingerprint density at radius 3 is 2.60 bits per heavy atom. The standard InChI is InChI=1S/C15H22N2O3/c1-10-4-6-17(7-5-10)15(20)12(16)8-11-2-3-13(18)14(19)9-11/h2-3,9-10,12,18-19H,4-8,16H2,1H3/t12-/m0/s1. The molecule has 20 heavy (non-hydrogen) atoms. The molecule has 1 aromatic carbocycles. The van der Waals surface area contributed by atoms with E-state index in [0.29, 0.717) is 12.3 Å². The lowest BCUT2D eigenvalue weighted by atomic mass is 9.98. The summed E-state index contributed by atoms with van der Waals surface area (Å²) in [6.07, 6.45) is 2.41. The second-order valence-corrected chi connectivity index (χ2v) is 5.64. The summed E-state index contributed by atoms with van der Waals surface area (Å²) in [5, 5.41) is 18.7. The van der Waals surface area contributed by atoms with Crippen LogP contribution in [-0.4, -0.2) is 40.2 Å². The number of carbonyl (C=O) groups is 1. The summed E-state index contributed by atoms with van der Waals surface area (Å²) in [7, 11) is 0. The van der Waals surface area contributed by atoms with Gasteiger partial charge in [0, 0.05) is 13.1 Å². The molecule has 110 valence electrons. The van der Waals surface area contributed by atoms with Gasteiger partial charge in [0.25, 0.3) is 0 Å². The summed E-state index contributed by atoms with van der Waals surface area (Å²) < 4.78 is 0. The van der Waals surface area contributed by atoms with Crippen LogP contribution in [-0.2, 0) is 11.2 Å². The van der Waals surface area contributed by atoms with E-state index in [9.17, 15) is 15.0 Å². The Balaban J connectivity index is 1.95. The van der Waals surface area contributed by atoms with Gasteiger partial charge in [-0.1, -0.05) is 13.0 Å². The van der Waals surface area contributed by atoms with Gasteiger partial charge >= 0.3 is 0 Å². The zero-order valence-corrected chi connectivity index (χ0v) is 11.7. The highest BCUT2D eigenvalue weighted by Gasteiger charge is 2.24. The number of nitrogens with zero attached hydrogens (tertiary/aromatic N) is 1. The SMILES string of the molecule is CC1CCN(C(=O)[C@@H](N)Cc2ccc(O)c(O)c2)CC1. The smallest absolute Gasteiger partial charge is 0.239 e. The number of rotatable bonds is 3. The molecule has 0 radical (unpaired) electrons. The molecule has 1 aliphatic rings. The molecule has 1 aromatic rings. The Morgan fingerprint density at radius 1 is 1.35 bits per heavy atom. The Hall–Kier alpha value is -1.75. The molecular weight excluding hydrogens is 256 g/mol. The van der Waals surface area contributed by atoms with Crippen LogP contribution in [0.15, 0.2) is 18.2 Å². The van der Waals surface area contributed by atoms with Crippen molar-refractivity contribution >= 4 is 5.91 Å². The fourth-order valence-corrected chi connectivity index (χ4v) is 2.50. The van der Waals surface area contributed by atoms with Crippen molar-refractivity contribution < 1.29 is 15.0 Å². The van der Waals surface area contributed by atoms with Crippen LogP contribution in [0.2, 0.25) is 0 Å². The number of likely N-dealkylation sites (tertiary alicyclic amines) is 1. The summed E-state index contributed by atoms with van der Waals surface area (Å²) in [4.78, 5) is 14.1. The van der Waals surface area contributed by atoms with Gasteiger partial charge in [0.15, 0.2) is 11.5 Å².